The Hall–Kier alpha value is -1.55. The average molecular weight is 273 g/mol. The molecule has 0 spiro atoms. The Morgan fingerprint density at radius 3 is 2.89 bits per heavy atom. The van der Waals surface area contributed by atoms with Gasteiger partial charge in [-0.15, -0.1) is 0 Å². The van der Waals surface area contributed by atoms with Crippen LogP contribution in [0.15, 0.2) is 30.3 Å². The molecular formula is C15H19N3S. The number of rotatable bonds is 3. The predicted molar refractivity (Wildman–Crippen MR) is 82.6 cm³/mol. The van der Waals surface area contributed by atoms with E-state index in [4.69, 9.17) is 5.73 Å². The number of nitrogen functional groups attached to an aromatic ring is 1. The van der Waals surface area contributed by atoms with E-state index in [-0.39, 0.29) is 0 Å². The minimum atomic E-state index is 0.641. The van der Waals surface area contributed by atoms with Crippen LogP contribution >= 0.6 is 11.5 Å². The van der Waals surface area contributed by atoms with Gasteiger partial charge in [0, 0.05) is 12.6 Å². The Balaban J connectivity index is 2.04. The lowest BCUT2D eigenvalue weighted by Crippen LogP contribution is -2.28. The molecule has 2 heterocycles. The number of nitrogens with two attached hydrogens (primary N) is 1. The van der Waals surface area contributed by atoms with Gasteiger partial charge in [-0.05, 0) is 36.4 Å². The molecule has 0 amide bonds. The van der Waals surface area contributed by atoms with Gasteiger partial charge in [-0.3, -0.25) is 0 Å². The van der Waals surface area contributed by atoms with E-state index in [2.05, 4.69) is 40.5 Å². The highest BCUT2D eigenvalue weighted by molar-refractivity contribution is 7.11. The van der Waals surface area contributed by atoms with Crippen molar-refractivity contribution in [1.29, 1.82) is 0 Å². The second-order valence-corrected chi connectivity index (χ2v) is 5.76. The van der Waals surface area contributed by atoms with Gasteiger partial charge in [0.25, 0.3) is 0 Å². The van der Waals surface area contributed by atoms with Crippen molar-refractivity contribution in [2.75, 3.05) is 17.2 Å². The molecule has 1 saturated heterocycles. The van der Waals surface area contributed by atoms with Gasteiger partial charge in [-0.1, -0.05) is 37.3 Å². The van der Waals surface area contributed by atoms with Crippen molar-refractivity contribution in [1.82, 2.24) is 4.37 Å². The Bertz CT molecular complexity index is 550. The van der Waals surface area contributed by atoms with Crippen LogP contribution in [0.25, 0.3) is 11.1 Å². The summed E-state index contributed by atoms with van der Waals surface area (Å²) in [5, 5.41) is 1.24. The van der Waals surface area contributed by atoms with Crippen LogP contribution in [-0.4, -0.2) is 17.0 Å². The fourth-order valence-electron chi connectivity index (χ4n) is 2.89. The molecule has 4 heteroatoms. The maximum absolute atomic E-state index is 6.10. The lowest BCUT2D eigenvalue weighted by molar-refractivity contribution is 0.649. The monoisotopic (exact) mass is 273 g/mol. The quantitative estimate of drug-likeness (QED) is 0.925. The summed E-state index contributed by atoms with van der Waals surface area (Å²) in [5.41, 5.74) is 8.39. The zero-order valence-electron chi connectivity index (χ0n) is 11.2. The first-order valence-corrected chi connectivity index (χ1v) is 7.65. The van der Waals surface area contributed by atoms with Crippen LogP contribution < -0.4 is 10.6 Å². The van der Waals surface area contributed by atoms with Gasteiger partial charge >= 0.3 is 0 Å². The van der Waals surface area contributed by atoms with Gasteiger partial charge < -0.3 is 10.6 Å². The minimum absolute atomic E-state index is 0.641. The molecular weight excluding hydrogens is 254 g/mol. The van der Waals surface area contributed by atoms with Crippen molar-refractivity contribution in [3.05, 3.63) is 30.3 Å². The second-order valence-electron chi connectivity index (χ2n) is 5.01. The molecule has 0 radical (unpaired) electrons. The Morgan fingerprint density at radius 1 is 1.37 bits per heavy atom. The molecule has 1 aromatic carbocycles. The Labute approximate surface area is 118 Å². The average Bonchev–Trinajstić information content (AvgIpc) is 3.05. The lowest BCUT2D eigenvalue weighted by atomic mass is 10.1. The van der Waals surface area contributed by atoms with Crippen molar-refractivity contribution in [2.24, 2.45) is 0 Å². The number of anilines is 2. The van der Waals surface area contributed by atoms with Gasteiger partial charge in [-0.25, -0.2) is 0 Å². The molecule has 2 aromatic rings. The third kappa shape index (κ3) is 2.21. The van der Waals surface area contributed by atoms with Gasteiger partial charge in [0.15, 0.2) is 0 Å². The first kappa shape index (κ1) is 12.5. The lowest BCUT2D eigenvalue weighted by Gasteiger charge is -2.25. The summed E-state index contributed by atoms with van der Waals surface area (Å²) < 4.78 is 4.38. The number of hydrogen-bond donors (Lipinski definition) is 1. The number of aromatic nitrogens is 1. The molecule has 0 saturated carbocycles. The van der Waals surface area contributed by atoms with Crippen LogP contribution in [0.4, 0.5) is 10.8 Å². The number of benzene rings is 1. The van der Waals surface area contributed by atoms with Gasteiger partial charge in [0.2, 0.25) is 0 Å². The molecule has 0 bridgehead atoms. The summed E-state index contributed by atoms with van der Waals surface area (Å²) in [4.78, 5) is 2.50. The smallest absolute Gasteiger partial charge is 0.147 e. The molecule has 1 fully saturated rings. The third-order valence-electron chi connectivity index (χ3n) is 3.87. The zero-order valence-corrected chi connectivity index (χ0v) is 12.0. The molecule has 3 nitrogen and oxygen atoms in total. The van der Waals surface area contributed by atoms with Crippen molar-refractivity contribution < 1.29 is 0 Å². The molecule has 19 heavy (non-hydrogen) atoms. The van der Waals surface area contributed by atoms with Gasteiger partial charge in [-0.2, -0.15) is 4.37 Å². The molecule has 1 atom stereocenters. The van der Waals surface area contributed by atoms with Crippen LogP contribution in [0.2, 0.25) is 0 Å². The van der Waals surface area contributed by atoms with E-state index < -0.39 is 0 Å². The SMILES string of the molecule is CCC1CCCN1c1snc(N)c1-c1ccccc1. The largest absolute Gasteiger partial charge is 0.382 e. The summed E-state index contributed by atoms with van der Waals surface area (Å²) >= 11 is 1.54. The van der Waals surface area contributed by atoms with E-state index in [0.717, 1.165) is 12.1 Å². The number of nitrogens with zero attached hydrogens (tertiary/aromatic N) is 2. The molecule has 1 aromatic heterocycles. The fraction of sp³-hybridized carbons (Fsp3) is 0.400. The maximum Gasteiger partial charge on any atom is 0.147 e. The molecule has 0 aliphatic carbocycles. The van der Waals surface area contributed by atoms with Gasteiger partial charge in [0.1, 0.15) is 10.8 Å². The molecule has 1 aliphatic heterocycles. The highest BCUT2D eigenvalue weighted by atomic mass is 32.1. The van der Waals surface area contributed by atoms with Crippen molar-refractivity contribution in [2.45, 2.75) is 32.2 Å². The van der Waals surface area contributed by atoms with Crippen LogP contribution in [0.5, 0.6) is 0 Å². The highest BCUT2D eigenvalue weighted by Gasteiger charge is 2.28. The Kier molecular flexibility index (Phi) is 3.42. The molecule has 3 rings (SSSR count). The van der Waals surface area contributed by atoms with E-state index in [1.807, 2.05) is 6.07 Å². The van der Waals surface area contributed by atoms with Crippen LogP contribution in [0, 0.1) is 0 Å². The summed E-state index contributed by atoms with van der Waals surface area (Å²) in [6.45, 7) is 3.38. The minimum Gasteiger partial charge on any atom is -0.382 e. The Morgan fingerprint density at radius 2 is 2.16 bits per heavy atom. The van der Waals surface area contributed by atoms with Crippen molar-refractivity contribution in [3.63, 3.8) is 0 Å². The first-order valence-electron chi connectivity index (χ1n) is 6.88. The first-order chi connectivity index (χ1) is 9.31. The summed E-state index contributed by atoms with van der Waals surface area (Å²) in [7, 11) is 0. The van der Waals surface area contributed by atoms with Crippen molar-refractivity contribution in [3.8, 4) is 11.1 Å². The van der Waals surface area contributed by atoms with E-state index in [0.29, 0.717) is 11.9 Å². The summed E-state index contributed by atoms with van der Waals surface area (Å²) in [6, 6.07) is 11.0. The molecule has 100 valence electrons. The fourth-order valence-corrected chi connectivity index (χ4v) is 3.83. The predicted octanol–water partition coefficient (Wildman–Crippen LogP) is 3.77. The third-order valence-corrected chi connectivity index (χ3v) is 4.77. The zero-order chi connectivity index (χ0) is 13.2. The van der Waals surface area contributed by atoms with E-state index >= 15 is 0 Å². The second kappa shape index (κ2) is 5.21. The van der Waals surface area contributed by atoms with E-state index in [1.54, 1.807) is 0 Å². The van der Waals surface area contributed by atoms with Crippen LogP contribution in [0.3, 0.4) is 0 Å². The summed E-state index contributed by atoms with van der Waals surface area (Å²) in [5.74, 6) is 0.660. The van der Waals surface area contributed by atoms with Crippen molar-refractivity contribution >= 4 is 22.4 Å². The van der Waals surface area contributed by atoms with E-state index in [1.165, 1.54) is 41.4 Å². The topological polar surface area (TPSA) is 42.2 Å². The summed E-state index contributed by atoms with van der Waals surface area (Å²) in [6.07, 6.45) is 3.74. The molecule has 1 unspecified atom stereocenters. The maximum atomic E-state index is 6.10. The number of hydrogen-bond acceptors (Lipinski definition) is 4. The van der Waals surface area contributed by atoms with Crippen LogP contribution in [-0.2, 0) is 0 Å². The normalized spacial score (nSPS) is 19.0. The van der Waals surface area contributed by atoms with E-state index in [9.17, 15) is 0 Å². The van der Waals surface area contributed by atoms with Gasteiger partial charge in [0.05, 0.1) is 5.56 Å². The molecule has 1 aliphatic rings. The van der Waals surface area contributed by atoms with Crippen LogP contribution in [0.1, 0.15) is 26.2 Å². The highest BCUT2D eigenvalue weighted by Crippen LogP contribution is 2.42. The molecule has 2 N–H and O–H groups in total. The standard InChI is InChI=1S/C15H19N3S/c1-2-12-9-6-10-18(12)15-13(14(16)17-19-15)11-7-4-3-5-8-11/h3-5,7-8,12H,2,6,9-10H2,1H3,(H2,16,17).